The zero-order valence-electron chi connectivity index (χ0n) is 8.41. The first kappa shape index (κ1) is 9.52. The van der Waals surface area contributed by atoms with Crippen molar-refractivity contribution in [3.05, 3.63) is 12.0 Å². The molecule has 4 nitrogen and oxygen atoms in total. The zero-order chi connectivity index (χ0) is 9.80. The Kier molecular flexibility index (Phi) is 3.03. The Balaban J connectivity index is 2.00. The second-order valence-electron chi connectivity index (χ2n) is 3.71. The Bertz CT molecular complexity index is 279. The van der Waals surface area contributed by atoms with Crippen LogP contribution in [-0.4, -0.2) is 24.6 Å². The maximum atomic E-state index is 5.45. The Morgan fingerprint density at radius 3 is 2.86 bits per heavy atom. The fourth-order valence-electron chi connectivity index (χ4n) is 1.79. The number of anilines is 1. The summed E-state index contributed by atoms with van der Waals surface area (Å²) in [7, 11) is 0. The molecule has 1 aromatic rings. The largest absolute Gasteiger partial charge is 0.432 e. The van der Waals surface area contributed by atoms with Crippen LogP contribution >= 0.6 is 0 Å². The van der Waals surface area contributed by atoms with Crippen molar-refractivity contribution in [2.75, 3.05) is 24.5 Å². The van der Waals surface area contributed by atoms with Crippen molar-refractivity contribution in [2.24, 2.45) is 5.73 Å². The lowest BCUT2D eigenvalue weighted by Gasteiger charge is -2.24. The number of oxazole rings is 1. The van der Waals surface area contributed by atoms with Crippen LogP contribution in [0.3, 0.4) is 0 Å². The molecule has 14 heavy (non-hydrogen) atoms. The molecule has 0 amide bonds. The molecular weight excluding hydrogens is 178 g/mol. The van der Waals surface area contributed by atoms with Crippen molar-refractivity contribution in [2.45, 2.75) is 25.7 Å². The van der Waals surface area contributed by atoms with Gasteiger partial charge in [0, 0.05) is 19.5 Å². The highest BCUT2D eigenvalue weighted by Crippen LogP contribution is 2.18. The number of piperidine rings is 1. The van der Waals surface area contributed by atoms with Gasteiger partial charge >= 0.3 is 0 Å². The van der Waals surface area contributed by atoms with Crippen molar-refractivity contribution in [1.29, 1.82) is 0 Å². The van der Waals surface area contributed by atoms with Crippen molar-refractivity contribution >= 4 is 6.01 Å². The summed E-state index contributed by atoms with van der Waals surface area (Å²) < 4.78 is 5.42. The smallest absolute Gasteiger partial charge is 0.297 e. The fraction of sp³-hybridized carbons (Fsp3) is 0.700. The molecule has 0 spiro atoms. The monoisotopic (exact) mass is 195 g/mol. The summed E-state index contributed by atoms with van der Waals surface area (Å²) in [4.78, 5) is 6.61. The minimum absolute atomic E-state index is 0.631. The molecule has 2 N–H and O–H groups in total. The highest BCUT2D eigenvalue weighted by molar-refractivity contribution is 5.27. The minimum atomic E-state index is 0.631. The van der Waals surface area contributed by atoms with Gasteiger partial charge in [-0.05, 0) is 25.8 Å². The third-order valence-corrected chi connectivity index (χ3v) is 2.57. The van der Waals surface area contributed by atoms with E-state index >= 15 is 0 Å². The SMILES string of the molecule is NCCc1coc(N2CCCCC2)n1. The highest BCUT2D eigenvalue weighted by atomic mass is 16.4. The van der Waals surface area contributed by atoms with Crippen LogP contribution in [0, 0.1) is 0 Å². The van der Waals surface area contributed by atoms with Crippen molar-refractivity contribution in [3.8, 4) is 0 Å². The van der Waals surface area contributed by atoms with E-state index in [4.69, 9.17) is 10.2 Å². The van der Waals surface area contributed by atoms with Crippen LogP contribution in [0.5, 0.6) is 0 Å². The van der Waals surface area contributed by atoms with Gasteiger partial charge in [0.2, 0.25) is 0 Å². The molecule has 0 atom stereocenters. The molecule has 1 aromatic heterocycles. The normalized spacial score (nSPS) is 17.4. The first-order valence-electron chi connectivity index (χ1n) is 5.29. The molecule has 2 rings (SSSR count). The van der Waals surface area contributed by atoms with E-state index in [1.807, 2.05) is 0 Å². The molecule has 0 unspecified atom stereocenters. The summed E-state index contributed by atoms with van der Waals surface area (Å²) in [6, 6.07) is 0.771. The van der Waals surface area contributed by atoms with Crippen molar-refractivity contribution in [1.82, 2.24) is 4.98 Å². The molecule has 78 valence electrons. The maximum Gasteiger partial charge on any atom is 0.297 e. The van der Waals surface area contributed by atoms with Gasteiger partial charge in [0.05, 0.1) is 5.69 Å². The lowest BCUT2D eigenvalue weighted by Crippen LogP contribution is -2.29. The minimum Gasteiger partial charge on any atom is -0.432 e. The van der Waals surface area contributed by atoms with Gasteiger partial charge in [0.1, 0.15) is 6.26 Å². The molecule has 0 bridgehead atoms. The lowest BCUT2D eigenvalue weighted by atomic mass is 10.1. The standard InChI is InChI=1S/C10H17N3O/c11-5-4-9-8-14-10(12-9)13-6-2-1-3-7-13/h8H,1-7,11H2. The number of nitrogens with zero attached hydrogens (tertiary/aromatic N) is 2. The van der Waals surface area contributed by atoms with Gasteiger partial charge in [-0.25, -0.2) is 0 Å². The molecule has 0 aromatic carbocycles. The molecule has 2 heterocycles. The topological polar surface area (TPSA) is 55.3 Å². The van der Waals surface area contributed by atoms with E-state index in [0.717, 1.165) is 31.2 Å². The number of aromatic nitrogens is 1. The second-order valence-corrected chi connectivity index (χ2v) is 3.71. The van der Waals surface area contributed by atoms with E-state index in [0.29, 0.717) is 6.54 Å². The van der Waals surface area contributed by atoms with Crippen LogP contribution < -0.4 is 10.6 Å². The van der Waals surface area contributed by atoms with Crippen molar-refractivity contribution < 1.29 is 4.42 Å². The zero-order valence-corrected chi connectivity index (χ0v) is 8.41. The van der Waals surface area contributed by atoms with Crippen LogP contribution in [0.2, 0.25) is 0 Å². The molecule has 1 saturated heterocycles. The van der Waals surface area contributed by atoms with Gasteiger partial charge in [0.25, 0.3) is 6.01 Å². The third-order valence-electron chi connectivity index (χ3n) is 2.57. The molecule has 1 fully saturated rings. The van der Waals surface area contributed by atoms with Gasteiger partial charge in [-0.2, -0.15) is 4.98 Å². The molecule has 0 aliphatic carbocycles. The molecule has 0 saturated carbocycles. The average Bonchev–Trinajstić information content (AvgIpc) is 2.68. The summed E-state index contributed by atoms with van der Waals surface area (Å²) in [5, 5.41) is 0. The molecule has 1 aliphatic rings. The Hall–Kier alpha value is -1.03. The van der Waals surface area contributed by atoms with Crippen LogP contribution in [-0.2, 0) is 6.42 Å². The number of hydrogen-bond acceptors (Lipinski definition) is 4. The van der Waals surface area contributed by atoms with Crippen LogP contribution in [0.25, 0.3) is 0 Å². The molecule has 1 aliphatic heterocycles. The Morgan fingerprint density at radius 2 is 2.14 bits per heavy atom. The lowest BCUT2D eigenvalue weighted by molar-refractivity contribution is 0.491. The Labute approximate surface area is 84.1 Å². The van der Waals surface area contributed by atoms with E-state index in [1.54, 1.807) is 6.26 Å². The van der Waals surface area contributed by atoms with Gasteiger partial charge in [-0.1, -0.05) is 0 Å². The number of nitrogens with two attached hydrogens (primary N) is 1. The third kappa shape index (κ3) is 2.07. The summed E-state index contributed by atoms with van der Waals surface area (Å²) in [5.74, 6) is 0. The second kappa shape index (κ2) is 4.46. The van der Waals surface area contributed by atoms with E-state index in [9.17, 15) is 0 Å². The van der Waals surface area contributed by atoms with E-state index < -0.39 is 0 Å². The first-order valence-corrected chi connectivity index (χ1v) is 5.29. The van der Waals surface area contributed by atoms with Gasteiger partial charge < -0.3 is 15.1 Å². The Morgan fingerprint density at radius 1 is 1.36 bits per heavy atom. The summed E-state index contributed by atoms with van der Waals surface area (Å²) >= 11 is 0. The van der Waals surface area contributed by atoms with Crippen molar-refractivity contribution in [3.63, 3.8) is 0 Å². The van der Waals surface area contributed by atoms with Gasteiger partial charge in [0.15, 0.2) is 0 Å². The fourth-order valence-corrected chi connectivity index (χ4v) is 1.79. The first-order chi connectivity index (χ1) is 6.90. The number of hydrogen-bond donors (Lipinski definition) is 1. The van der Waals surface area contributed by atoms with Crippen LogP contribution in [0.4, 0.5) is 6.01 Å². The molecule has 0 radical (unpaired) electrons. The predicted octanol–water partition coefficient (Wildman–Crippen LogP) is 1.17. The summed E-state index contributed by atoms with van der Waals surface area (Å²) in [6.45, 7) is 2.77. The van der Waals surface area contributed by atoms with E-state index in [1.165, 1.54) is 19.3 Å². The van der Waals surface area contributed by atoms with E-state index in [2.05, 4.69) is 9.88 Å². The molecular formula is C10H17N3O. The predicted molar refractivity (Wildman–Crippen MR) is 55.3 cm³/mol. The van der Waals surface area contributed by atoms with Crippen LogP contribution in [0.15, 0.2) is 10.7 Å². The van der Waals surface area contributed by atoms with Gasteiger partial charge in [-0.3, -0.25) is 0 Å². The average molecular weight is 195 g/mol. The number of rotatable bonds is 3. The summed E-state index contributed by atoms with van der Waals surface area (Å²) in [6.07, 6.45) is 6.34. The highest BCUT2D eigenvalue weighted by Gasteiger charge is 2.15. The molecule has 4 heteroatoms. The quantitative estimate of drug-likeness (QED) is 0.786. The van der Waals surface area contributed by atoms with Crippen LogP contribution in [0.1, 0.15) is 25.0 Å². The maximum absolute atomic E-state index is 5.45. The van der Waals surface area contributed by atoms with E-state index in [-0.39, 0.29) is 0 Å². The van der Waals surface area contributed by atoms with Gasteiger partial charge in [-0.15, -0.1) is 0 Å². The summed E-state index contributed by atoms with van der Waals surface area (Å²) in [5.41, 5.74) is 6.42.